The van der Waals surface area contributed by atoms with E-state index in [4.69, 9.17) is 6.42 Å². The Hall–Kier alpha value is -0.830. The van der Waals surface area contributed by atoms with E-state index >= 15 is 0 Å². The maximum Gasteiger partial charge on any atom is 0.252 e. The second kappa shape index (κ2) is 11.0. The molecule has 25 heavy (non-hydrogen) atoms. The molecule has 0 aliphatic carbocycles. The average molecular weight is 496 g/mol. The number of halogens is 1. The van der Waals surface area contributed by atoms with Crippen LogP contribution in [0.1, 0.15) is 31.1 Å². The van der Waals surface area contributed by atoms with Gasteiger partial charge in [0, 0.05) is 24.5 Å². The van der Waals surface area contributed by atoms with Crippen molar-refractivity contribution in [1.29, 1.82) is 0 Å². The van der Waals surface area contributed by atoms with Crippen molar-refractivity contribution < 1.29 is 8.42 Å². The van der Waals surface area contributed by atoms with Gasteiger partial charge >= 0.3 is 0 Å². The zero-order chi connectivity index (χ0) is 17.4. The van der Waals surface area contributed by atoms with E-state index in [0.717, 1.165) is 30.7 Å². The molecule has 1 saturated heterocycles. The van der Waals surface area contributed by atoms with Crippen molar-refractivity contribution in [2.75, 3.05) is 26.2 Å². The van der Waals surface area contributed by atoms with Crippen molar-refractivity contribution in [2.24, 2.45) is 4.99 Å². The SMILES string of the molecule is C#CCNC(=NCc1ccc(S(=O)(=O)N2CCCCC2)s1)NCC.I. The molecule has 1 aromatic rings. The highest BCUT2D eigenvalue weighted by Gasteiger charge is 2.27. The summed E-state index contributed by atoms with van der Waals surface area (Å²) in [5.74, 6) is 3.13. The first-order valence-electron chi connectivity index (χ1n) is 8.12. The molecule has 0 atom stereocenters. The van der Waals surface area contributed by atoms with Gasteiger partial charge in [-0.2, -0.15) is 4.31 Å². The third-order valence-corrected chi connectivity index (χ3v) is 7.08. The third-order valence-electron chi connectivity index (χ3n) is 3.64. The summed E-state index contributed by atoms with van der Waals surface area (Å²) in [4.78, 5) is 5.34. The fraction of sp³-hybridized carbons (Fsp3) is 0.562. The molecule has 9 heteroatoms. The second-order valence-electron chi connectivity index (χ2n) is 5.44. The van der Waals surface area contributed by atoms with Crippen molar-refractivity contribution in [3.63, 3.8) is 0 Å². The van der Waals surface area contributed by atoms with Gasteiger partial charge in [-0.25, -0.2) is 13.4 Å². The minimum absolute atomic E-state index is 0. The number of hydrogen-bond donors (Lipinski definition) is 2. The number of hydrogen-bond acceptors (Lipinski definition) is 4. The van der Waals surface area contributed by atoms with Crippen LogP contribution in [0.4, 0.5) is 0 Å². The van der Waals surface area contributed by atoms with Gasteiger partial charge in [0.2, 0.25) is 0 Å². The van der Waals surface area contributed by atoms with Crippen molar-refractivity contribution in [3.05, 3.63) is 17.0 Å². The Morgan fingerprint density at radius 2 is 2.04 bits per heavy atom. The van der Waals surface area contributed by atoms with E-state index < -0.39 is 10.0 Å². The number of thiophene rings is 1. The van der Waals surface area contributed by atoms with Crippen LogP contribution < -0.4 is 10.6 Å². The number of nitrogens with zero attached hydrogens (tertiary/aromatic N) is 2. The maximum absolute atomic E-state index is 12.6. The second-order valence-corrected chi connectivity index (χ2v) is 8.77. The lowest BCUT2D eigenvalue weighted by Crippen LogP contribution is -2.37. The Morgan fingerprint density at radius 1 is 1.32 bits per heavy atom. The van der Waals surface area contributed by atoms with Gasteiger partial charge < -0.3 is 10.6 Å². The Kier molecular flexibility index (Phi) is 9.78. The van der Waals surface area contributed by atoms with Gasteiger partial charge in [-0.1, -0.05) is 12.3 Å². The van der Waals surface area contributed by atoms with E-state index in [1.807, 2.05) is 13.0 Å². The molecule has 0 amide bonds. The number of sulfonamides is 1. The summed E-state index contributed by atoms with van der Waals surface area (Å²) in [6.07, 6.45) is 8.22. The van der Waals surface area contributed by atoms with Crippen LogP contribution in [0, 0.1) is 12.3 Å². The molecule has 2 N–H and O–H groups in total. The summed E-state index contributed by atoms with van der Waals surface area (Å²) in [6.45, 7) is 4.75. The smallest absolute Gasteiger partial charge is 0.252 e. The van der Waals surface area contributed by atoms with E-state index in [-0.39, 0.29) is 24.0 Å². The molecule has 2 rings (SSSR count). The van der Waals surface area contributed by atoms with Crippen LogP contribution in [0.2, 0.25) is 0 Å². The highest BCUT2D eigenvalue weighted by atomic mass is 127. The summed E-state index contributed by atoms with van der Waals surface area (Å²) in [5, 5.41) is 6.11. The number of aliphatic imine (C=N–C) groups is 1. The zero-order valence-corrected chi connectivity index (χ0v) is 18.3. The van der Waals surface area contributed by atoms with Crippen molar-refractivity contribution >= 4 is 51.3 Å². The normalized spacial score (nSPS) is 15.9. The van der Waals surface area contributed by atoms with Gasteiger partial charge in [0.05, 0.1) is 13.1 Å². The highest BCUT2D eigenvalue weighted by Crippen LogP contribution is 2.27. The Balaban J connectivity index is 0.00000312. The molecule has 0 spiro atoms. The molecular weight excluding hydrogens is 471 g/mol. The monoisotopic (exact) mass is 496 g/mol. The van der Waals surface area contributed by atoms with Gasteiger partial charge in [-0.05, 0) is 31.9 Å². The van der Waals surface area contributed by atoms with Gasteiger partial charge in [-0.3, -0.25) is 0 Å². The number of nitrogens with one attached hydrogen (secondary N) is 2. The molecule has 1 fully saturated rings. The van der Waals surface area contributed by atoms with Crippen molar-refractivity contribution in [2.45, 2.75) is 36.9 Å². The van der Waals surface area contributed by atoms with Crippen molar-refractivity contribution in [1.82, 2.24) is 14.9 Å². The lowest BCUT2D eigenvalue weighted by atomic mass is 10.2. The van der Waals surface area contributed by atoms with Crippen LogP contribution in [0.15, 0.2) is 21.3 Å². The fourth-order valence-corrected chi connectivity index (χ4v) is 5.40. The molecule has 6 nitrogen and oxygen atoms in total. The number of guanidine groups is 1. The van der Waals surface area contributed by atoms with E-state index in [9.17, 15) is 8.42 Å². The first kappa shape index (κ1) is 22.2. The summed E-state index contributed by atoms with van der Waals surface area (Å²) >= 11 is 1.28. The molecule has 0 unspecified atom stereocenters. The third kappa shape index (κ3) is 6.44. The molecule has 1 aromatic heterocycles. The molecule has 140 valence electrons. The minimum Gasteiger partial charge on any atom is -0.357 e. The molecule has 0 saturated carbocycles. The average Bonchev–Trinajstić information content (AvgIpc) is 3.08. The van der Waals surface area contributed by atoms with Crippen LogP contribution in [0.3, 0.4) is 0 Å². The summed E-state index contributed by atoms with van der Waals surface area (Å²) in [6, 6.07) is 3.51. The Labute approximate surface area is 171 Å². The van der Waals surface area contributed by atoms with Gasteiger partial charge in [0.1, 0.15) is 4.21 Å². The molecule has 0 radical (unpaired) electrons. The first-order valence-corrected chi connectivity index (χ1v) is 10.4. The summed E-state index contributed by atoms with van der Waals surface area (Å²) < 4.78 is 27.3. The zero-order valence-electron chi connectivity index (χ0n) is 14.3. The molecule has 1 aliphatic rings. The first-order chi connectivity index (χ1) is 11.6. The quantitative estimate of drug-likeness (QED) is 0.274. The Bertz CT molecular complexity index is 704. The number of rotatable bonds is 6. The lowest BCUT2D eigenvalue weighted by Gasteiger charge is -2.25. The van der Waals surface area contributed by atoms with E-state index in [2.05, 4.69) is 21.5 Å². The summed E-state index contributed by atoms with van der Waals surface area (Å²) in [7, 11) is -3.36. The molecule has 1 aliphatic heterocycles. The molecule has 0 aromatic carbocycles. The Morgan fingerprint density at radius 3 is 2.68 bits per heavy atom. The van der Waals surface area contributed by atoms with Crippen LogP contribution in [-0.4, -0.2) is 44.9 Å². The van der Waals surface area contributed by atoms with Crippen LogP contribution in [0.5, 0.6) is 0 Å². The van der Waals surface area contributed by atoms with E-state index in [1.54, 1.807) is 10.4 Å². The number of terminal acetylenes is 1. The highest BCUT2D eigenvalue weighted by molar-refractivity contribution is 14.0. The predicted octanol–water partition coefficient (Wildman–Crippen LogP) is 2.23. The van der Waals surface area contributed by atoms with E-state index in [1.165, 1.54) is 11.3 Å². The predicted molar refractivity (Wildman–Crippen MR) is 114 cm³/mol. The lowest BCUT2D eigenvalue weighted by molar-refractivity contribution is 0.347. The van der Waals surface area contributed by atoms with Crippen LogP contribution >= 0.6 is 35.3 Å². The maximum atomic E-state index is 12.6. The minimum atomic E-state index is -3.36. The van der Waals surface area contributed by atoms with Crippen LogP contribution in [-0.2, 0) is 16.6 Å². The molecular formula is C16H25IN4O2S2. The molecule has 2 heterocycles. The largest absolute Gasteiger partial charge is 0.357 e. The molecule has 0 bridgehead atoms. The number of piperidine rings is 1. The standard InChI is InChI=1S/C16H24N4O2S2.HI/c1-3-10-18-16(17-4-2)19-13-14-8-9-15(23-14)24(21,22)20-11-6-5-7-12-20;/h1,8-9H,4-7,10-13H2,2H3,(H2,17,18,19);1H. The van der Waals surface area contributed by atoms with Gasteiger partial charge in [-0.15, -0.1) is 41.7 Å². The van der Waals surface area contributed by atoms with Crippen molar-refractivity contribution in [3.8, 4) is 12.3 Å². The van der Waals surface area contributed by atoms with Crippen LogP contribution in [0.25, 0.3) is 0 Å². The topological polar surface area (TPSA) is 73.8 Å². The van der Waals surface area contributed by atoms with E-state index in [0.29, 0.717) is 36.3 Å². The fourth-order valence-electron chi connectivity index (χ4n) is 2.45. The van der Waals surface area contributed by atoms with Gasteiger partial charge in [0.25, 0.3) is 10.0 Å². The summed E-state index contributed by atoms with van der Waals surface area (Å²) in [5.41, 5.74) is 0. The van der Waals surface area contributed by atoms with Gasteiger partial charge in [0.15, 0.2) is 5.96 Å².